The minimum Gasteiger partial charge on any atom is -0.377 e. The highest BCUT2D eigenvalue weighted by molar-refractivity contribution is 5.76. The van der Waals surface area contributed by atoms with E-state index in [1.807, 2.05) is 30.3 Å². The Bertz CT molecular complexity index is 449. The second-order valence-corrected chi connectivity index (χ2v) is 5.75. The van der Waals surface area contributed by atoms with Gasteiger partial charge in [-0.3, -0.25) is 4.79 Å². The molecule has 3 rings (SSSR count). The number of nitrogens with one attached hydrogen (secondary N) is 2. The van der Waals surface area contributed by atoms with E-state index in [0.29, 0.717) is 24.8 Å². The molecule has 2 heterocycles. The summed E-state index contributed by atoms with van der Waals surface area (Å²) in [6, 6.07) is 10.0. The summed E-state index contributed by atoms with van der Waals surface area (Å²) in [4.78, 5) is 12.0. The minimum absolute atomic E-state index is 0.0954. The van der Waals surface area contributed by atoms with Gasteiger partial charge in [-0.25, -0.2) is 0 Å². The lowest BCUT2D eigenvalue weighted by Crippen LogP contribution is -2.39. The summed E-state index contributed by atoms with van der Waals surface area (Å²) in [6.45, 7) is 3.48. The number of carbonyl (C=O) groups is 1. The van der Waals surface area contributed by atoms with Gasteiger partial charge in [0.2, 0.25) is 5.91 Å². The van der Waals surface area contributed by atoms with Gasteiger partial charge < -0.3 is 15.4 Å². The van der Waals surface area contributed by atoms with Crippen LogP contribution in [-0.2, 0) is 16.1 Å². The van der Waals surface area contributed by atoms with Gasteiger partial charge in [-0.05, 0) is 24.4 Å². The van der Waals surface area contributed by atoms with Gasteiger partial charge in [-0.15, -0.1) is 0 Å². The summed E-state index contributed by atoms with van der Waals surface area (Å²) >= 11 is 0. The summed E-state index contributed by atoms with van der Waals surface area (Å²) in [5.74, 6) is 1.24. The Balaban J connectivity index is 1.47. The van der Waals surface area contributed by atoms with Crippen LogP contribution in [-0.4, -0.2) is 31.7 Å². The number of ether oxygens (including phenoxy) is 1. The summed E-state index contributed by atoms with van der Waals surface area (Å²) in [7, 11) is 0. The van der Waals surface area contributed by atoms with Crippen molar-refractivity contribution in [3.05, 3.63) is 35.9 Å². The van der Waals surface area contributed by atoms with E-state index in [0.717, 1.165) is 31.7 Å². The average Bonchev–Trinajstić information content (AvgIpc) is 2.90. The van der Waals surface area contributed by atoms with Crippen molar-refractivity contribution in [3.63, 3.8) is 0 Å². The van der Waals surface area contributed by atoms with Gasteiger partial charge in [0.1, 0.15) is 0 Å². The first kappa shape index (κ1) is 13.6. The molecular weight excluding hydrogens is 252 g/mol. The van der Waals surface area contributed by atoms with Crippen LogP contribution < -0.4 is 10.6 Å². The summed E-state index contributed by atoms with van der Waals surface area (Å²) in [5.41, 5.74) is 1.13. The number of amides is 1. The van der Waals surface area contributed by atoms with E-state index in [-0.39, 0.29) is 12.0 Å². The topological polar surface area (TPSA) is 50.4 Å². The first-order valence-electron chi connectivity index (χ1n) is 7.46. The molecule has 20 heavy (non-hydrogen) atoms. The Morgan fingerprint density at radius 1 is 1.35 bits per heavy atom. The average molecular weight is 274 g/mol. The third-order valence-electron chi connectivity index (χ3n) is 4.39. The molecule has 4 heteroatoms. The van der Waals surface area contributed by atoms with Crippen LogP contribution in [0.25, 0.3) is 0 Å². The van der Waals surface area contributed by atoms with Crippen molar-refractivity contribution in [1.29, 1.82) is 0 Å². The summed E-state index contributed by atoms with van der Waals surface area (Å²) < 4.78 is 5.82. The fourth-order valence-electron chi connectivity index (χ4n) is 3.25. The molecule has 0 saturated carbocycles. The Morgan fingerprint density at radius 2 is 2.20 bits per heavy atom. The Morgan fingerprint density at radius 3 is 3.05 bits per heavy atom. The van der Waals surface area contributed by atoms with E-state index in [1.54, 1.807) is 0 Å². The van der Waals surface area contributed by atoms with E-state index in [4.69, 9.17) is 4.74 Å². The first-order chi connectivity index (χ1) is 9.83. The maximum atomic E-state index is 12.0. The lowest BCUT2D eigenvalue weighted by molar-refractivity contribution is -0.123. The van der Waals surface area contributed by atoms with E-state index in [2.05, 4.69) is 10.6 Å². The molecule has 1 aromatic rings. The number of rotatable bonds is 4. The number of hydrogen-bond donors (Lipinski definition) is 2. The zero-order valence-electron chi connectivity index (χ0n) is 11.7. The smallest absolute Gasteiger partial charge is 0.222 e. The molecule has 0 aliphatic carbocycles. The second kappa shape index (κ2) is 6.37. The normalized spacial score (nSPS) is 28.9. The van der Waals surface area contributed by atoms with Gasteiger partial charge >= 0.3 is 0 Å². The number of hydrogen-bond acceptors (Lipinski definition) is 3. The molecular formula is C16H22N2O2. The third kappa shape index (κ3) is 3.19. The van der Waals surface area contributed by atoms with Crippen LogP contribution in [0.4, 0.5) is 0 Å². The number of benzene rings is 1. The molecule has 0 spiro atoms. The van der Waals surface area contributed by atoms with Crippen molar-refractivity contribution in [1.82, 2.24) is 10.6 Å². The standard InChI is InChI=1S/C16H22N2O2/c19-16(18-9-12-4-2-1-3-5-12)8-15-14-6-7-17-10-13(14)11-20-15/h1-5,13-15,17H,6-11H2,(H,18,19)/t13-,14-,15+/m1/s1. The van der Waals surface area contributed by atoms with E-state index in [9.17, 15) is 4.79 Å². The molecule has 2 fully saturated rings. The fraction of sp³-hybridized carbons (Fsp3) is 0.562. The molecule has 0 bridgehead atoms. The highest BCUT2D eigenvalue weighted by Crippen LogP contribution is 2.33. The summed E-state index contributed by atoms with van der Waals surface area (Å²) in [6.07, 6.45) is 1.73. The van der Waals surface area contributed by atoms with Crippen molar-refractivity contribution in [2.24, 2.45) is 11.8 Å². The van der Waals surface area contributed by atoms with Crippen LogP contribution in [0.5, 0.6) is 0 Å². The molecule has 2 aliphatic heterocycles. The van der Waals surface area contributed by atoms with Crippen molar-refractivity contribution >= 4 is 5.91 Å². The van der Waals surface area contributed by atoms with Crippen LogP contribution in [0.3, 0.4) is 0 Å². The molecule has 0 aromatic heterocycles. The SMILES string of the molecule is O=C(C[C@@H]1OC[C@H]2CNCC[C@H]21)NCc1ccccc1. The Labute approximate surface area is 119 Å². The maximum absolute atomic E-state index is 12.0. The fourth-order valence-corrected chi connectivity index (χ4v) is 3.25. The van der Waals surface area contributed by atoms with Crippen LogP contribution in [0.15, 0.2) is 30.3 Å². The highest BCUT2D eigenvalue weighted by Gasteiger charge is 2.39. The zero-order chi connectivity index (χ0) is 13.8. The number of carbonyl (C=O) groups excluding carboxylic acids is 1. The first-order valence-corrected chi connectivity index (χ1v) is 7.46. The highest BCUT2D eigenvalue weighted by atomic mass is 16.5. The van der Waals surface area contributed by atoms with Crippen molar-refractivity contribution in [2.75, 3.05) is 19.7 Å². The maximum Gasteiger partial charge on any atom is 0.222 e. The quantitative estimate of drug-likeness (QED) is 0.870. The van der Waals surface area contributed by atoms with E-state index >= 15 is 0 Å². The Hall–Kier alpha value is -1.39. The van der Waals surface area contributed by atoms with Gasteiger partial charge in [0.25, 0.3) is 0 Å². The number of fused-ring (bicyclic) bond motifs is 1. The minimum atomic E-state index is 0.0954. The molecule has 2 N–H and O–H groups in total. The molecule has 108 valence electrons. The third-order valence-corrected chi connectivity index (χ3v) is 4.39. The predicted molar refractivity (Wildman–Crippen MR) is 77.1 cm³/mol. The van der Waals surface area contributed by atoms with Crippen LogP contribution in [0.1, 0.15) is 18.4 Å². The molecule has 0 unspecified atom stereocenters. The van der Waals surface area contributed by atoms with Gasteiger partial charge in [0.05, 0.1) is 19.1 Å². The largest absolute Gasteiger partial charge is 0.377 e. The lowest BCUT2D eigenvalue weighted by Gasteiger charge is -2.27. The Kier molecular flexibility index (Phi) is 4.33. The van der Waals surface area contributed by atoms with E-state index in [1.165, 1.54) is 0 Å². The molecule has 1 aromatic carbocycles. The zero-order valence-corrected chi connectivity index (χ0v) is 11.7. The molecule has 4 nitrogen and oxygen atoms in total. The van der Waals surface area contributed by atoms with Gasteiger partial charge in [0, 0.05) is 19.0 Å². The second-order valence-electron chi connectivity index (χ2n) is 5.75. The van der Waals surface area contributed by atoms with Crippen molar-refractivity contribution in [2.45, 2.75) is 25.5 Å². The van der Waals surface area contributed by atoms with Gasteiger partial charge in [-0.2, -0.15) is 0 Å². The van der Waals surface area contributed by atoms with Gasteiger partial charge in [-0.1, -0.05) is 30.3 Å². The molecule has 3 atom stereocenters. The van der Waals surface area contributed by atoms with Crippen molar-refractivity contribution in [3.8, 4) is 0 Å². The summed E-state index contributed by atoms with van der Waals surface area (Å²) in [5, 5.41) is 6.38. The van der Waals surface area contributed by atoms with Crippen LogP contribution >= 0.6 is 0 Å². The molecule has 1 amide bonds. The van der Waals surface area contributed by atoms with Gasteiger partial charge in [0.15, 0.2) is 0 Å². The number of piperidine rings is 1. The lowest BCUT2D eigenvalue weighted by atomic mass is 9.84. The molecule has 0 radical (unpaired) electrons. The van der Waals surface area contributed by atoms with Crippen LogP contribution in [0.2, 0.25) is 0 Å². The molecule has 2 aliphatic rings. The van der Waals surface area contributed by atoms with E-state index < -0.39 is 0 Å². The predicted octanol–water partition coefficient (Wildman–Crippen LogP) is 1.32. The van der Waals surface area contributed by atoms with Crippen molar-refractivity contribution < 1.29 is 9.53 Å². The molecule has 2 saturated heterocycles. The monoisotopic (exact) mass is 274 g/mol. The van der Waals surface area contributed by atoms with Crippen LogP contribution in [0, 0.1) is 11.8 Å².